The van der Waals surface area contributed by atoms with Crippen LogP contribution in [0.3, 0.4) is 0 Å². The number of rotatable bonds is 4. The van der Waals surface area contributed by atoms with Gasteiger partial charge in [0.25, 0.3) is 0 Å². The van der Waals surface area contributed by atoms with Crippen molar-refractivity contribution in [3.8, 4) is 11.1 Å². The fourth-order valence-corrected chi connectivity index (χ4v) is 3.73. The van der Waals surface area contributed by atoms with Crippen molar-refractivity contribution in [3.63, 3.8) is 0 Å². The maximum absolute atomic E-state index is 12.7. The smallest absolute Gasteiger partial charge is 0.411 e. The van der Waals surface area contributed by atoms with E-state index in [0.717, 1.165) is 16.7 Å². The SMILES string of the molecule is CC(C)(C)OC(=O)N1CCC[C@@]1(Cc1ccc(-c2ccccc2)cc1)C(=O)O.Cl. The maximum atomic E-state index is 12.7. The van der Waals surface area contributed by atoms with Gasteiger partial charge in [-0.3, -0.25) is 4.90 Å². The van der Waals surface area contributed by atoms with E-state index in [1.165, 1.54) is 4.90 Å². The number of likely N-dealkylation sites (tertiary alicyclic amines) is 1. The molecular formula is C23H28ClNO4. The molecule has 156 valence electrons. The Kier molecular flexibility index (Phi) is 6.96. The maximum Gasteiger partial charge on any atom is 0.411 e. The van der Waals surface area contributed by atoms with Crippen molar-refractivity contribution in [2.45, 2.75) is 51.2 Å². The van der Waals surface area contributed by atoms with E-state index in [-0.39, 0.29) is 18.8 Å². The minimum absolute atomic E-state index is 0. The molecule has 0 saturated carbocycles. The van der Waals surface area contributed by atoms with Crippen molar-refractivity contribution in [1.29, 1.82) is 0 Å². The Labute approximate surface area is 178 Å². The number of hydrogen-bond donors (Lipinski definition) is 1. The lowest BCUT2D eigenvalue weighted by Crippen LogP contribution is -2.55. The van der Waals surface area contributed by atoms with Crippen LogP contribution in [-0.4, -0.2) is 39.8 Å². The van der Waals surface area contributed by atoms with Crippen molar-refractivity contribution in [3.05, 3.63) is 60.2 Å². The number of carboxylic acids is 1. The molecule has 1 heterocycles. The number of halogens is 1. The van der Waals surface area contributed by atoms with E-state index in [4.69, 9.17) is 4.74 Å². The first-order valence-corrected chi connectivity index (χ1v) is 9.60. The summed E-state index contributed by atoms with van der Waals surface area (Å²) in [5.74, 6) is -0.983. The van der Waals surface area contributed by atoms with Gasteiger partial charge in [-0.15, -0.1) is 12.4 Å². The fourth-order valence-electron chi connectivity index (χ4n) is 3.73. The fraction of sp³-hybridized carbons (Fsp3) is 0.391. The van der Waals surface area contributed by atoms with Crippen LogP contribution in [0.15, 0.2) is 54.6 Å². The van der Waals surface area contributed by atoms with Crippen LogP contribution < -0.4 is 0 Å². The summed E-state index contributed by atoms with van der Waals surface area (Å²) in [4.78, 5) is 26.3. The first-order valence-electron chi connectivity index (χ1n) is 9.60. The first kappa shape index (κ1) is 22.8. The molecule has 1 atom stereocenters. The Morgan fingerprint density at radius 2 is 1.62 bits per heavy atom. The summed E-state index contributed by atoms with van der Waals surface area (Å²) >= 11 is 0. The third kappa shape index (κ3) is 5.10. The molecule has 2 aromatic rings. The average Bonchev–Trinajstić information content (AvgIpc) is 3.07. The van der Waals surface area contributed by atoms with Crippen LogP contribution in [-0.2, 0) is 16.0 Å². The number of carbonyl (C=O) groups excluding carboxylic acids is 1. The van der Waals surface area contributed by atoms with Gasteiger partial charge in [0.2, 0.25) is 0 Å². The lowest BCUT2D eigenvalue weighted by atomic mass is 9.87. The number of carboxylic acid groups (broad SMARTS) is 1. The second-order valence-electron chi connectivity index (χ2n) is 8.31. The molecule has 29 heavy (non-hydrogen) atoms. The zero-order valence-corrected chi connectivity index (χ0v) is 17.9. The van der Waals surface area contributed by atoms with Crippen molar-refractivity contribution in [2.24, 2.45) is 0 Å². The van der Waals surface area contributed by atoms with Gasteiger partial charge in [-0.25, -0.2) is 9.59 Å². The predicted octanol–water partition coefficient (Wildman–Crippen LogP) is 5.17. The second-order valence-corrected chi connectivity index (χ2v) is 8.31. The monoisotopic (exact) mass is 417 g/mol. The zero-order valence-electron chi connectivity index (χ0n) is 17.1. The van der Waals surface area contributed by atoms with Gasteiger partial charge in [0.05, 0.1) is 0 Å². The van der Waals surface area contributed by atoms with Gasteiger partial charge in [-0.05, 0) is 50.3 Å². The molecule has 3 rings (SSSR count). The number of carbonyl (C=O) groups is 2. The van der Waals surface area contributed by atoms with Gasteiger partial charge in [-0.1, -0.05) is 54.6 Å². The largest absolute Gasteiger partial charge is 0.479 e. The molecule has 0 aromatic heterocycles. The van der Waals surface area contributed by atoms with E-state index in [0.29, 0.717) is 19.4 Å². The highest BCUT2D eigenvalue weighted by molar-refractivity contribution is 5.86. The standard InChI is InChI=1S/C23H27NO4.ClH/c1-22(2,3)28-21(27)24-15-7-14-23(24,20(25)26)16-17-10-12-19(13-11-17)18-8-5-4-6-9-18;/h4-6,8-13H,7,14-16H2,1-3H3,(H,25,26);1H/t23-;/m1./s1. The summed E-state index contributed by atoms with van der Waals surface area (Å²) in [6.45, 7) is 5.74. The number of ether oxygens (including phenoxy) is 1. The third-order valence-electron chi connectivity index (χ3n) is 5.06. The molecule has 2 aromatic carbocycles. The number of benzene rings is 2. The van der Waals surface area contributed by atoms with Gasteiger partial charge in [-0.2, -0.15) is 0 Å². The highest BCUT2D eigenvalue weighted by Crippen LogP contribution is 2.35. The summed E-state index contributed by atoms with van der Waals surface area (Å²) in [6, 6.07) is 17.9. The van der Waals surface area contributed by atoms with Crippen molar-refractivity contribution >= 4 is 24.5 Å². The molecule has 0 bridgehead atoms. The van der Waals surface area contributed by atoms with Crippen LogP contribution in [0.1, 0.15) is 39.2 Å². The van der Waals surface area contributed by atoms with Gasteiger partial charge in [0.15, 0.2) is 0 Å². The molecule has 0 radical (unpaired) electrons. The third-order valence-corrected chi connectivity index (χ3v) is 5.06. The average molecular weight is 418 g/mol. The minimum atomic E-state index is -1.27. The van der Waals surface area contributed by atoms with Crippen LogP contribution in [0.2, 0.25) is 0 Å². The van der Waals surface area contributed by atoms with E-state index in [2.05, 4.69) is 0 Å². The molecule has 5 nitrogen and oxygen atoms in total. The molecule has 1 N–H and O–H groups in total. The van der Waals surface area contributed by atoms with Crippen LogP contribution in [0.4, 0.5) is 4.79 Å². The minimum Gasteiger partial charge on any atom is -0.479 e. The molecule has 1 amide bonds. The van der Waals surface area contributed by atoms with Crippen LogP contribution >= 0.6 is 12.4 Å². The predicted molar refractivity (Wildman–Crippen MR) is 115 cm³/mol. The van der Waals surface area contributed by atoms with Crippen LogP contribution in [0, 0.1) is 0 Å². The molecule has 1 aliphatic rings. The molecule has 0 spiro atoms. The summed E-state index contributed by atoms with van der Waals surface area (Å²) in [5.41, 5.74) is 1.14. The molecule has 6 heteroatoms. The highest BCUT2D eigenvalue weighted by Gasteiger charge is 2.51. The summed E-state index contributed by atoms with van der Waals surface area (Å²) in [7, 11) is 0. The van der Waals surface area contributed by atoms with Crippen molar-refractivity contribution in [1.82, 2.24) is 4.90 Å². The topological polar surface area (TPSA) is 66.8 Å². The molecule has 1 aliphatic heterocycles. The Bertz CT molecular complexity index is 845. The first-order chi connectivity index (χ1) is 13.2. The lowest BCUT2D eigenvalue weighted by Gasteiger charge is -2.36. The van der Waals surface area contributed by atoms with Crippen molar-refractivity contribution < 1.29 is 19.4 Å². The van der Waals surface area contributed by atoms with Gasteiger partial charge in [0, 0.05) is 13.0 Å². The molecule has 1 saturated heterocycles. The number of aliphatic carboxylic acids is 1. The summed E-state index contributed by atoms with van der Waals surface area (Å²) in [6.07, 6.45) is 0.764. The van der Waals surface area contributed by atoms with E-state index in [9.17, 15) is 14.7 Å². The van der Waals surface area contributed by atoms with Gasteiger partial charge >= 0.3 is 12.1 Å². The number of nitrogens with zero attached hydrogens (tertiary/aromatic N) is 1. The lowest BCUT2D eigenvalue weighted by molar-refractivity contribution is -0.149. The zero-order chi connectivity index (χ0) is 20.4. The number of amides is 1. The Morgan fingerprint density at radius 1 is 1.03 bits per heavy atom. The van der Waals surface area contributed by atoms with Gasteiger partial charge in [0.1, 0.15) is 11.1 Å². The Balaban J connectivity index is 0.00000300. The Morgan fingerprint density at radius 3 is 2.17 bits per heavy atom. The number of hydrogen-bond acceptors (Lipinski definition) is 3. The van der Waals surface area contributed by atoms with Crippen molar-refractivity contribution in [2.75, 3.05) is 6.54 Å². The van der Waals surface area contributed by atoms with Gasteiger partial charge < -0.3 is 9.84 Å². The highest BCUT2D eigenvalue weighted by atomic mass is 35.5. The van der Waals surface area contributed by atoms with E-state index < -0.39 is 23.2 Å². The van der Waals surface area contributed by atoms with E-state index >= 15 is 0 Å². The summed E-state index contributed by atoms with van der Waals surface area (Å²) in [5, 5.41) is 10.0. The molecular weight excluding hydrogens is 390 g/mol. The van der Waals surface area contributed by atoms with E-state index in [1.807, 2.05) is 54.6 Å². The summed E-state index contributed by atoms with van der Waals surface area (Å²) < 4.78 is 5.47. The quantitative estimate of drug-likeness (QED) is 0.744. The van der Waals surface area contributed by atoms with Crippen LogP contribution in [0.25, 0.3) is 11.1 Å². The Hall–Kier alpha value is -2.53. The van der Waals surface area contributed by atoms with Crippen LogP contribution in [0.5, 0.6) is 0 Å². The second kappa shape index (κ2) is 8.87. The molecule has 0 unspecified atom stereocenters. The normalized spacial score (nSPS) is 18.8. The molecule has 1 fully saturated rings. The molecule has 0 aliphatic carbocycles. The van der Waals surface area contributed by atoms with E-state index in [1.54, 1.807) is 20.8 Å².